The summed E-state index contributed by atoms with van der Waals surface area (Å²) in [5.74, 6) is 2.10. The fraction of sp³-hybridized carbons (Fsp3) is 0.476. The number of carbonyl (C=O) groups is 1. The van der Waals surface area contributed by atoms with Gasteiger partial charge >= 0.3 is 6.03 Å². The van der Waals surface area contributed by atoms with E-state index in [2.05, 4.69) is 5.32 Å². The van der Waals surface area contributed by atoms with Crippen LogP contribution in [0.5, 0.6) is 11.5 Å². The predicted molar refractivity (Wildman–Crippen MR) is 103 cm³/mol. The third kappa shape index (κ3) is 3.06. The van der Waals surface area contributed by atoms with E-state index in [-0.39, 0.29) is 6.03 Å². The van der Waals surface area contributed by atoms with Crippen LogP contribution in [-0.2, 0) is 0 Å². The first-order chi connectivity index (χ1) is 12.7. The number of hydrogen-bond donors (Lipinski definition) is 1. The molecule has 5 heteroatoms. The van der Waals surface area contributed by atoms with Crippen LogP contribution in [0.3, 0.4) is 0 Å². The molecule has 1 aliphatic carbocycles. The zero-order chi connectivity index (χ0) is 18.1. The van der Waals surface area contributed by atoms with Gasteiger partial charge in [-0.3, -0.25) is 0 Å². The third-order valence-corrected chi connectivity index (χ3v) is 5.81. The maximum atomic E-state index is 12.7. The van der Waals surface area contributed by atoms with Crippen molar-refractivity contribution >= 4 is 22.5 Å². The number of nitrogens with zero attached hydrogens (tertiary/aromatic N) is 1. The molecule has 0 bridgehead atoms. The molecule has 1 saturated carbocycles. The average Bonchev–Trinajstić information content (AvgIpc) is 2.82. The number of urea groups is 1. The zero-order valence-corrected chi connectivity index (χ0v) is 15.5. The fourth-order valence-electron chi connectivity index (χ4n) is 4.32. The summed E-state index contributed by atoms with van der Waals surface area (Å²) < 4.78 is 10.7. The summed E-state index contributed by atoms with van der Waals surface area (Å²) in [7, 11) is 3.26. The summed E-state index contributed by atoms with van der Waals surface area (Å²) in [6, 6.07) is 10.3. The molecule has 1 heterocycles. The predicted octanol–water partition coefficient (Wildman–Crippen LogP) is 4.65. The molecule has 2 aliphatic rings. The standard InChI is InChI=1S/C21H26N2O3/c1-25-19-11-14-8-9-17(10-16(14)12-20(19)26-2)22-21(24)23-13-15-6-4-3-5-7-18(15)23/h8-12,15,18H,3-7,13H2,1-2H3,(H,22,24). The van der Waals surface area contributed by atoms with Gasteiger partial charge in [0.25, 0.3) is 0 Å². The van der Waals surface area contributed by atoms with Gasteiger partial charge in [-0.1, -0.05) is 25.3 Å². The molecular weight excluding hydrogens is 328 g/mol. The highest BCUT2D eigenvalue weighted by Crippen LogP contribution is 2.37. The summed E-state index contributed by atoms with van der Waals surface area (Å²) in [5, 5.41) is 5.13. The molecule has 26 heavy (non-hydrogen) atoms. The van der Waals surface area contributed by atoms with E-state index in [1.807, 2.05) is 35.2 Å². The number of hydrogen-bond acceptors (Lipinski definition) is 3. The lowest BCUT2D eigenvalue weighted by Crippen LogP contribution is -2.59. The topological polar surface area (TPSA) is 50.8 Å². The fourth-order valence-corrected chi connectivity index (χ4v) is 4.32. The van der Waals surface area contributed by atoms with E-state index in [4.69, 9.17) is 9.47 Å². The Morgan fingerprint density at radius 1 is 1.00 bits per heavy atom. The Labute approximate surface area is 154 Å². The lowest BCUT2D eigenvalue weighted by atomic mass is 9.85. The van der Waals surface area contributed by atoms with Crippen LogP contribution in [-0.4, -0.2) is 37.7 Å². The van der Waals surface area contributed by atoms with Crippen LogP contribution < -0.4 is 14.8 Å². The van der Waals surface area contributed by atoms with E-state index in [9.17, 15) is 4.79 Å². The molecule has 2 amide bonds. The van der Waals surface area contributed by atoms with Crippen molar-refractivity contribution in [3.63, 3.8) is 0 Å². The first kappa shape index (κ1) is 17.0. The second-order valence-corrected chi connectivity index (χ2v) is 7.32. The molecule has 1 N–H and O–H groups in total. The second-order valence-electron chi connectivity index (χ2n) is 7.32. The van der Waals surface area contributed by atoms with Gasteiger partial charge in [0.05, 0.1) is 14.2 Å². The normalized spacial score (nSPS) is 22.2. The number of amides is 2. The van der Waals surface area contributed by atoms with Gasteiger partial charge in [-0.15, -0.1) is 0 Å². The van der Waals surface area contributed by atoms with Crippen molar-refractivity contribution in [2.45, 2.75) is 38.1 Å². The minimum atomic E-state index is 0.0213. The number of carbonyl (C=O) groups excluding carboxylic acids is 1. The Morgan fingerprint density at radius 2 is 1.73 bits per heavy atom. The molecule has 0 spiro atoms. The molecule has 0 aromatic heterocycles. The summed E-state index contributed by atoms with van der Waals surface area (Å²) in [6.45, 7) is 0.898. The zero-order valence-electron chi connectivity index (χ0n) is 15.5. The van der Waals surface area contributed by atoms with Gasteiger partial charge in [0.15, 0.2) is 11.5 Å². The number of methoxy groups -OCH3 is 2. The van der Waals surface area contributed by atoms with Gasteiger partial charge in [0.1, 0.15) is 0 Å². The number of fused-ring (bicyclic) bond motifs is 2. The summed E-state index contributed by atoms with van der Waals surface area (Å²) >= 11 is 0. The first-order valence-electron chi connectivity index (χ1n) is 9.43. The maximum absolute atomic E-state index is 12.7. The second kappa shape index (κ2) is 7.06. The molecule has 2 unspecified atom stereocenters. The van der Waals surface area contributed by atoms with Gasteiger partial charge in [-0.2, -0.15) is 0 Å². The number of benzene rings is 2. The van der Waals surface area contributed by atoms with Crippen LogP contribution >= 0.6 is 0 Å². The van der Waals surface area contributed by atoms with Crippen molar-refractivity contribution in [2.75, 3.05) is 26.1 Å². The number of likely N-dealkylation sites (tertiary alicyclic amines) is 1. The molecular formula is C21H26N2O3. The Hall–Kier alpha value is -2.43. The van der Waals surface area contributed by atoms with Crippen molar-refractivity contribution in [2.24, 2.45) is 5.92 Å². The van der Waals surface area contributed by atoms with Crippen LogP contribution in [0.15, 0.2) is 30.3 Å². The molecule has 1 aliphatic heterocycles. The number of ether oxygens (including phenoxy) is 2. The summed E-state index contributed by atoms with van der Waals surface area (Å²) in [6.07, 6.45) is 6.27. The average molecular weight is 354 g/mol. The van der Waals surface area contributed by atoms with Crippen LogP contribution in [0.4, 0.5) is 10.5 Å². The third-order valence-electron chi connectivity index (χ3n) is 5.81. The quantitative estimate of drug-likeness (QED) is 0.872. The van der Waals surface area contributed by atoms with Gasteiger partial charge in [-0.05, 0) is 53.8 Å². The highest BCUT2D eigenvalue weighted by Gasteiger charge is 2.41. The minimum absolute atomic E-state index is 0.0213. The van der Waals surface area contributed by atoms with Crippen molar-refractivity contribution in [1.82, 2.24) is 4.90 Å². The van der Waals surface area contributed by atoms with E-state index in [1.54, 1.807) is 14.2 Å². The van der Waals surface area contributed by atoms with Gasteiger partial charge in [0.2, 0.25) is 0 Å². The van der Waals surface area contributed by atoms with Crippen LogP contribution in [0, 0.1) is 5.92 Å². The van der Waals surface area contributed by atoms with Crippen molar-refractivity contribution in [3.8, 4) is 11.5 Å². The number of anilines is 1. The molecule has 2 fully saturated rings. The Kier molecular flexibility index (Phi) is 4.62. The number of rotatable bonds is 3. The smallest absolute Gasteiger partial charge is 0.322 e. The highest BCUT2D eigenvalue weighted by atomic mass is 16.5. The molecule has 2 atom stereocenters. The lowest BCUT2D eigenvalue weighted by Gasteiger charge is -2.47. The molecule has 5 nitrogen and oxygen atoms in total. The first-order valence-corrected chi connectivity index (χ1v) is 9.43. The van der Waals surface area contributed by atoms with E-state index >= 15 is 0 Å². The van der Waals surface area contributed by atoms with Gasteiger partial charge < -0.3 is 19.7 Å². The maximum Gasteiger partial charge on any atom is 0.322 e. The van der Waals surface area contributed by atoms with Crippen LogP contribution in [0.2, 0.25) is 0 Å². The Bertz CT molecular complexity index is 820. The molecule has 4 rings (SSSR count). The Morgan fingerprint density at radius 3 is 2.50 bits per heavy atom. The van der Waals surface area contributed by atoms with E-state index in [0.29, 0.717) is 23.5 Å². The van der Waals surface area contributed by atoms with E-state index in [1.165, 1.54) is 25.7 Å². The molecule has 0 radical (unpaired) electrons. The van der Waals surface area contributed by atoms with Crippen molar-refractivity contribution in [3.05, 3.63) is 30.3 Å². The van der Waals surface area contributed by atoms with Crippen LogP contribution in [0.1, 0.15) is 32.1 Å². The molecule has 1 saturated heterocycles. The minimum Gasteiger partial charge on any atom is -0.493 e. The van der Waals surface area contributed by atoms with Gasteiger partial charge in [-0.25, -0.2) is 4.79 Å². The monoisotopic (exact) mass is 354 g/mol. The van der Waals surface area contributed by atoms with E-state index in [0.717, 1.165) is 29.4 Å². The SMILES string of the molecule is COc1cc2ccc(NC(=O)N3CC4CCCCCC43)cc2cc1OC. The largest absolute Gasteiger partial charge is 0.493 e. The molecule has 2 aromatic carbocycles. The highest BCUT2D eigenvalue weighted by molar-refractivity contribution is 5.95. The summed E-state index contributed by atoms with van der Waals surface area (Å²) in [5.41, 5.74) is 0.812. The van der Waals surface area contributed by atoms with Crippen LogP contribution in [0.25, 0.3) is 10.8 Å². The molecule has 138 valence electrons. The Balaban J connectivity index is 1.51. The number of nitrogens with one attached hydrogen (secondary N) is 1. The summed E-state index contributed by atoms with van der Waals surface area (Å²) in [4.78, 5) is 14.7. The lowest BCUT2D eigenvalue weighted by molar-refractivity contribution is 0.0519. The van der Waals surface area contributed by atoms with Crippen molar-refractivity contribution in [1.29, 1.82) is 0 Å². The molecule has 2 aromatic rings. The van der Waals surface area contributed by atoms with Crippen molar-refractivity contribution < 1.29 is 14.3 Å². The van der Waals surface area contributed by atoms with Gasteiger partial charge in [0, 0.05) is 18.3 Å². The van der Waals surface area contributed by atoms with E-state index < -0.39 is 0 Å².